The molecule has 0 spiro atoms. The molecule has 4 rings (SSSR count). The van der Waals surface area contributed by atoms with Gasteiger partial charge in [0.2, 0.25) is 0 Å². The lowest BCUT2D eigenvalue weighted by molar-refractivity contribution is -0.462. The third-order valence-corrected chi connectivity index (χ3v) is 3.11. The second kappa shape index (κ2) is 2.92. The van der Waals surface area contributed by atoms with Crippen LogP contribution in [0.5, 0.6) is 0 Å². The van der Waals surface area contributed by atoms with Crippen LogP contribution in [0, 0.1) is 5.41 Å². The zero-order chi connectivity index (χ0) is 9.65. The van der Waals surface area contributed by atoms with Crippen molar-refractivity contribution in [2.45, 2.75) is 31.8 Å². The molecule has 4 heteroatoms. The molecule has 0 radical (unpaired) electrons. The van der Waals surface area contributed by atoms with Gasteiger partial charge in [-0.2, -0.15) is 0 Å². The molecule has 0 aromatic heterocycles. The van der Waals surface area contributed by atoms with Gasteiger partial charge in [0.25, 0.3) is 5.97 Å². The second-order valence-electron chi connectivity index (χ2n) is 5.01. The quantitative estimate of drug-likeness (QED) is 0.717. The van der Waals surface area contributed by atoms with Crippen LogP contribution in [0.4, 0.5) is 0 Å². The molecular weight excluding hydrogens is 182 g/mol. The molecule has 0 amide bonds. The van der Waals surface area contributed by atoms with Crippen molar-refractivity contribution in [2.24, 2.45) is 5.41 Å². The molecule has 1 aliphatic carbocycles. The summed E-state index contributed by atoms with van der Waals surface area (Å²) in [5, 5.41) is 3.38. The summed E-state index contributed by atoms with van der Waals surface area (Å²) in [6, 6.07) is 0.662. The van der Waals surface area contributed by atoms with Gasteiger partial charge < -0.3 is 19.5 Å². The number of fused-ring (bicyclic) bond motifs is 3. The van der Waals surface area contributed by atoms with Gasteiger partial charge in [-0.25, -0.2) is 0 Å². The van der Waals surface area contributed by atoms with Gasteiger partial charge in [-0.3, -0.25) is 0 Å². The van der Waals surface area contributed by atoms with Crippen molar-refractivity contribution in [2.75, 3.05) is 26.4 Å². The summed E-state index contributed by atoms with van der Waals surface area (Å²) < 4.78 is 16.9. The second-order valence-corrected chi connectivity index (χ2v) is 5.01. The molecule has 0 aromatic rings. The minimum atomic E-state index is -0.777. The monoisotopic (exact) mass is 199 g/mol. The highest BCUT2D eigenvalue weighted by molar-refractivity contribution is 4.88. The van der Waals surface area contributed by atoms with Gasteiger partial charge in [0.15, 0.2) is 0 Å². The summed E-state index contributed by atoms with van der Waals surface area (Å²) in [6.07, 6.45) is 2.54. The maximum Gasteiger partial charge on any atom is 0.296 e. The third-order valence-electron chi connectivity index (χ3n) is 3.11. The lowest BCUT2D eigenvalue weighted by Crippen LogP contribution is -2.62. The van der Waals surface area contributed by atoms with E-state index in [4.69, 9.17) is 14.2 Å². The summed E-state index contributed by atoms with van der Waals surface area (Å²) in [5.74, 6) is -0.777. The van der Waals surface area contributed by atoms with E-state index in [1.165, 1.54) is 12.8 Å². The van der Waals surface area contributed by atoms with E-state index >= 15 is 0 Å². The van der Waals surface area contributed by atoms with Crippen molar-refractivity contribution >= 4 is 0 Å². The van der Waals surface area contributed by atoms with Crippen LogP contribution in [-0.4, -0.2) is 38.4 Å². The zero-order valence-electron chi connectivity index (χ0n) is 8.54. The van der Waals surface area contributed by atoms with Crippen LogP contribution in [-0.2, 0) is 14.2 Å². The Morgan fingerprint density at radius 1 is 1.14 bits per heavy atom. The van der Waals surface area contributed by atoms with Gasteiger partial charge in [0.05, 0.1) is 26.4 Å². The highest BCUT2D eigenvalue weighted by Crippen LogP contribution is 2.37. The Balaban J connectivity index is 1.60. The Bertz CT molecular complexity index is 215. The van der Waals surface area contributed by atoms with E-state index in [0.29, 0.717) is 12.6 Å². The summed E-state index contributed by atoms with van der Waals surface area (Å²) in [7, 11) is 0. The van der Waals surface area contributed by atoms with Crippen molar-refractivity contribution in [3.05, 3.63) is 0 Å². The molecule has 4 nitrogen and oxygen atoms in total. The summed E-state index contributed by atoms with van der Waals surface area (Å²) in [5.41, 5.74) is 0.0708. The molecule has 4 aliphatic rings. The molecule has 2 bridgehead atoms. The molecule has 0 unspecified atom stereocenters. The molecular formula is C10H17NO3. The largest absolute Gasteiger partial charge is 0.326 e. The van der Waals surface area contributed by atoms with Crippen LogP contribution < -0.4 is 5.32 Å². The zero-order valence-corrected chi connectivity index (χ0v) is 8.54. The molecule has 1 saturated carbocycles. The predicted octanol–water partition coefficient (Wildman–Crippen LogP) is 0.475. The van der Waals surface area contributed by atoms with Gasteiger partial charge in [0.1, 0.15) is 0 Å². The normalized spacial score (nSPS) is 46.9. The first-order valence-corrected chi connectivity index (χ1v) is 5.35. The summed E-state index contributed by atoms with van der Waals surface area (Å²) >= 11 is 0. The lowest BCUT2D eigenvalue weighted by Gasteiger charge is -2.50. The molecule has 3 heterocycles. The minimum Gasteiger partial charge on any atom is -0.326 e. The first kappa shape index (κ1) is 9.09. The van der Waals surface area contributed by atoms with Crippen LogP contribution in [0.3, 0.4) is 0 Å². The van der Waals surface area contributed by atoms with E-state index < -0.39 is 5.97 Å². The Morgan fingerprint density at radius 3 is 2.21 bits per heavy atom. The van der Waals surface area contributed by atoms with Gasteiger partial charge in [-0.15, -0.1) is 0 Å². The number of rotatable bonds is 3. The molecule has 4 fully saturated rings. The third kappa shape index (κ3) is 1.56. The van der Waals surface area contributed by atoms with E-state index in [-0.39, 0.29) is 5.41 Å². The SMILES string of the molecule is CC12COC(CNC3CC3)(OC1)OC2. The fourth-order valence-corrected chi connectivity index (χ4v) is 1.81. The van der Waals surface area contributed by atoms with Gasteiger partial charge >= 0.3 is 0 Å². The Kier molecular flexibility index (Phi) is 1.89. The standard InChI is InChI=1S/C10H17NO3/c1-9-5-12-10(13-6-9,14-7-9)4-11-8-2-3-8/h8,11H,2-7H2,1H3. The van der Waals surface area contributed by atoms with Crippen molar-refractivity contribution in [1.29, 1.82) is 0 Å². The van der Waals surface area contributed by atoms with Gasteiger partial charge in [-0.1, -0.05) is 6.92 Å². The molecule has 3 saturated heterocycles. The fraction of sp³-hybridized carbons (Fsp3) is 1.00. The van der Waals surface area contributed by atoms with Crippen LogP contribution in [0.2, 0.25) is 0 Å². The van der Waals surface area contributed by atoms with Crippen molar-refractivity contribution in [3.8, 4) is 0 Å². The first-order chi connectivity index (χ1) is 6.70. The predicted molar refractivity (Wildman–Crippen MR) is 49.7 cm³/mol. The van der Waals surface area contributed by atoms with Crippen LogP contribution in [0.15, 0.2) is 0 Å². The van der Waals surface area contributed by atoms with Crippen molar-refractivity contribution in [3.63, 3.8) is 0 Å². The molecule has 3 aliphatic heterocycles. The molecule has 0 aromatic carbocycles. The minimum absolute atomic E-state index is 0.0708. The summed E-state index contributed by atoms with van der Waals surface area (Å²) in [6.45, 7) is 5.04. The fourth-order valence-electron chi connectivity index (χ4n) is 1.81. The average Bonchev–Trinajstić information content (AvgIpc) is 3.01. The molecule has 1 N–H and O–H groups in total. The van der Waals surface area contributed by atoms with Crippen molar-refractivity contribution in [1.82, 2.24) is 5.32 Å². The average molecular weight is 199 g/mol. The van der Waals surface area contributed by atoms with Crippen LogP contribution in [0.25, 0.3) is 0 Å². The number of hydrogen-bond donors (Lipinski definition) is 1. The van der Waals surface area contributed by atoms with E-state index in [9.17, 15) is 0 Å². The first-order valence-electron chi connectivity index (χ1n) is 5.35. The Hall–Kier alpha value is -0.160. The van der Waals surface area contributed by atoms with Gasteiger partial charge in [-0.05, 0) is 12.8 Å². The molecule has 80 valence electrons. The maximum atomic E-state index is 5.64. The van der Waals surface area contributed by atoms with E-state index in [0.717, 1.165) is 19.8 Å². The topological polar surface area (TPSA) is 39.7 Å². The Morgan fingerprint density at radius 2 is 1.71 bits per heavy atom. The molecule has 0 atom stereocenters. The Labute approximate surface area is 83.9 Å². The van der Waals surface area contributed by atoms with E-state index in [1.807, 2.05) is 0 Å². The van der Waals surface area contributed by atoms with E-state index in [2.05, 4.69) is 12.2 Å². The lowest BCUT2D eigenvalue weighted by atomic mass is 9.92. The highest BCUT2D eigenvalue weighted by atomic mass is 16.9. The van der Waals surface area contributed by atoms with Gasteiger partial charge in [0, 0.05) is 11.5 Å². The van der Waals surface area contributed by atoms with E-state index in [1.54, 1.807) is 0 Å². The molecule has 14 heavy (non-hydrogen) atoms. The van der Waals surface area contributed by atoms with Crippen molar-refractivity contribution < 1.29 is 14.2 Å². The number of hydrogen-bond acceptors (Lipinski definition) is 4. The van der Waals surface area contributed by atoms with Crippen LogP contribution in [0.1, 0.15) is 19.8 Å². The number of nitrogens with one attached hydrogen (secondary N) is 1. The van der Waals surface area contributed by atoms with Crippen LogP contribution >= 0.6 is 0 Å². The smallest absolute Gasteiger partial charge is 0.296 e. The summed E-state index contributed by atoms with van der Waals surface area (Å²) in [4.78, 5) is 0. The highest BCUT2D eigenvalue weighted by Gasteiger charge is 2.50. The number of ether oxygens (including phenoxy) is 3. The maximum absolute atomic E-state index is 5.64.